The highest BCUT2D eigenvalue weighted by molar-refractivity contribution is 5.57. The van der Waals surface area contributed by atoms with E-state index >= 15 is 0 Å². The largest absolute Gasteiger partial charge is 0.493 e. The van der Waals surface area contributed by atoms with Gasteiger partial charge in [0.25, 0.3) is 0 Å². The number of nitrogens with one attached hydrogen (secondary N) is 1. The van der Waals surface area contributed by atoms with E-state index in [9.17, 15) is 0 Å². The normalized spacial score (nSPS) is 10.7. The first-order chi connectivity index (χ1) is 11.1. The third-order valence-electron chi connectivity index (χ3n) is 3.58. The Morgan fingerprint density at radius 2 is 1.96 bits per heavy atom. The number of hydrogen-bond acceptors (Lipinski definition) is 6. The number of rotatable bonds is 5. The highest BCUT2D eigenvalue weighted by atomic mass is 16.5. The van der Waals surface area contributed by atoms with Crippen molar-refractivity contribution in [3.05, 3.63) is 41.6 Å². The molecule has 0 aliphatic rings. The van der Waals surface area contributed by atoms with E-state index in [1.165, 1.54) is 0 Å². The Labute approximate surface area is 134 Å². The molecule has 0 saturated heterocycles. The van der Waals surface area contributed by atoms with E-state index in [-0.39, 0.29) is 5.95 Å². The Morgan fingerprint density at radius 3 is 2.70 bits per heavy atom. The number of benzene rings is 1. The summed E-state index contributed by atoms with van der Waals surface area (Å²) in [5.74, 6) is 1.69. The number of nitrogens with zero attached hydrogens (tertiary/aromatic N) is 3. The standard InChI is InChI=1S/C16H19N5O2/c1-10-6-12(9-21-15(10)19-16(17)20-21)18-8-11-4-5-13(22-2)14(7-11)23-3/h4-7,9,18H,8H2,1-3H3,(H2,17,20). The van der Waals surface area contributed by atoms with E-state index in [0.29, 0.717) is 18.0 Å². The summed E-state index contributed by atoms with van der Waals surface area (Å²) < 4.78 is 12.2. The maximum absolute atomic E-state index is 5.64. The summed E-state index contributed by atoms with van der Waals surface area (Å²) in [6.45, 7) is 2.63. The second kappa shape index (κ2) is 6.04. The van der Waals surface area contributed by atoms with Crippen LogP contribution in [0, 0.1) is 6.92 Å². The number of anilines is 2. The number of fused-ring (bicyclic) bond motifs is 1. The van der Waals surface area contributed by atoms with Crippen LogP contribution >= 0.6 is 0 Å². The predicted octanol–water partition coefficient (Wildman–Crippen LogP) is 2.25. The van der Waals surface area contributed by atoms with Crippen LogP contribution in [0.3, 0.4) is 0 Å². The molecule has 0 spiro atoms. The molecule has 0 fully saturated rings. The Kier molecular flexibility index (Phi) is 3.92. The van der Waals surface area contributed by atoms with Crippen molar-refractivity contribution >= 4 is 17.3 Å². The molecule has 1 aromatic carbocycles. The average molecular weight is 313 g/mol. The number of aryl methyl sites for hydroxylation is 1. The van der Waals surface area contributed by atoms with Crippen molar-refractivity contribution in [3.63, 3.8) is 0 Å². The van der Waals surface area contributed by atoms with Crippen molar-refractivity contribution in [2.75, 3.05) is 25.3 Å². The summed E-state index contributed by atoms with van der Waals surface area (Å²) in [6, 6.07) is 7.85. The molecule has 0 bridgehead atoms. The molecule has 0 amide bonds. The molecule has 3 aromatic rings. The minimum atomic E-state index is 0.269. The number of hydrogen-bond donors (Lipinski definition) is 2. The van der Waals surface area contributed by atoms with Crippen molar-refractivity contribution in [3.8, 4) is 11.5 Å². The monoisotopic (exact) mass is 313 g/mol. The maximum Gasteiger partial charge on any atom is 0.240 e. The summed E-state index contributed by atoms with van der Waals surface area (Å²) in [7, 11) is 3.25. The summed E-state index contributed by atoms with van der Waals surface area (Å²) >= 11 is 0. The highest BCUT2D eigenvalue weighted by Crippen LogP contribution is 2.28. The topological polar surface area (TPSA) is 86.7 Å². The minimum Gasteiger partial charge on any atom is -0.493 e. The highest BCUT2D eigenvalue weighted by Gasteiger charge is 2.07. The molecule has 120 valence electrons. The number of ether oxygens (including phenoxy) is 2. The van der Waals surface area contributed by atoms with Crippen LogP contribution in [-0.4, -0.2) is 28.8 Å². The molecule has 0 aliphatic heterocycles. The van der Waals surface area contributed by atoms with Crippen molar-refractivity contribution < 1.29 is 9.47 Å². The first kappa shape index (κ1) is 15.0. The minimum absolute atomic E-state index is 0.269. The van der Waals surface area contributed by atoms with Gasteiger partial charge in [0, 0.05) is 6.54 Å². The fraction of sp³-hybridized carbons (Fsp3) is 0.250. The zero-order chi connectivity index (χ0) is 16.4. The maximum atomic E-state index is 5.64. The summed E-state index contributed by atoms with van der Waals surface area (Å²) in [5, 5.41) is 7.51. The van der Waals surface area contributed by atoms with Gasteiger partial charge in [-0.3, -0.25) is 0 Å². The summed E-state index contributed by atoms with van der Waals surface area (Å²) in [6.07, 6.45) is 1.87. The lowest BCUT2D eigenvalue weighted by molar-refractivity contribution is 0.354. The van der Waals surface area contributed by atoms with Crippen molar-refractivity contribution in [1.82, 2.24) is 14.6 Å². The van der Waals surface area contributed by atoms with Gasteiger partial charge in [-0.05, 0) is 36.2 Å². The number of aromatic nitrogens is 3. The number of methoxy groups -OCH3 is 2. The predicted molar refractivity (Wildman–Crippen MR) is 89.0 cm³/mol. The van der Waals surface area contributed by atoms with E-state index in [4.69, 9.17) is 15.2 Å². The molecule has 0 radical (unpaired) electrons. The average Bonchev–Trinajstić information content (AvgIpc) is 2.93. The van der Waals surface area contributed by atoms with Gasteiger partial charge in [-0.1, -0.05) is 6.07 Å². The Hall–Kier alpha value is -2.96. The fourth-order valence-corrected chi connectivity index (χ4v) is 2.46. The van der Waals surface area contributed by atoms with Crippen LogP contribution in [0.15, 0.2) is 30.5 Å². The zero-order valence-corrected chi connectivity index (χ0v) is 13.3. The molecule has 2 aromatic heterocycles. The fourth-order valence-electron chi connectivity index (χ4n) is 2.46. The SMILES string of the molecule is COc1ccc(CNc2cc(C)c3nc(N)nn3c2)cc1OC. The first-order valence-electron chi connectivity index (χ1n) is 7.18. The molecule has 7 heteroatoms. The van der Waals surface area contributed by atoms with Crippen LogP contribution in [0.25, 0.3) is 5.65 Å². The van der Waals surface area contributed by atoms with Gasteiger partial charge in [0.2, 0.25) is 5.95 Å². The van der Waals surface area contributed by atoms with Crippen LogP contribution in [0.4, 0.5) is 11.6 Å². The van der Waals surface area contributed by atoms with E-state index in [0.717, 1.165) is 22.5 Å². The molecule has 3 rings (SSSR count). The number of nitrogens with two attached hydrogens (primary N) is 1. The molecular formula is C16H19N5O2. The molecule has 23 heavy (non-hydrogen) atoms. The van der Waals surface area contributed by atoms with Crippen LogP contribution in [-0.2, 0) is 6.54 Å². The van der Waals surface area contributed by atoms with Gasteiger partial charge in [-0.25, -0.2) is 4.52 Å². The Balaban J connectivity index is 1.80. The molecule has 7 nitrogen and oxygen atoms in total. The zero-order valence-electron chi connectivity index (χ0n) is 13.3. The van der Waals surface area contributed by atoms with Crippen LogP contribution < -0.4 is 20.5 Å². The third kappa shape index (κ3) is 2.98. The quantitative estimate of drug-likeness (QED) is 0.751. The number of nitrogen functional groups attached to an aromatic ring is 1. The lowest BCUT2D eigenvalue weighted by Gasteiger charge is -2.11. The van der Waals surface area contributed by atoms with E-state index in [1.807, 2.05) is 37.4 Å². The lowest BCUT2D eigenvalue weighted by Crippen LogP contribution is -2.03. The van der Waals surface area contributed by atoms with Gasteiger partial charge < -0.3 is 20.5 Å². The number of pyridine rings is 1. The molecule has 3 N–H and O–H groups in total. The van der Waals surface area contributed by atoms with Gasteiger partial charge in [0.1, 0.15) is 0 Å². The summed E-state index contributed by atoms with van der Waals surface area (Å²) in [5.41, 5.74) is 9.44. The summed E-state index contributed by atoms with van der Waals surface area (Å²) in [4.78, 5) is 4.19. The van der Waals surface area contributed by atoms with Crippen molar-refractivity contribution in [1.29, 1.82) is 0 Å². The molecule has 2 heterocycles. The van der Waals surface area contributed by atoms with E-state index in [1.54, 1.807) is 18.7 Å². The molecule has 0 saturated carbocycles. The second-order valence-corrected chi connectivity index (χ2v) is 5.19. The second-order valence-electron chi connectivity index (χ2n) is 5.19. The third-order valence-corrected chi connectivity index (χ3v) is 3.58. The van der Waals surface area contributed by atoms with Gasteiger partial charge in [-0.2, -0.15) is 4.98 Å². The Bertz CT molecular complexity index is 844. The van der Waals surface area contributed by atoms with Crippen molar-refractivity contribution in [2.24, 2.45) is 0 Å². The van der Waals surface area contributed by atoms with Gasteiger partial charge >= 0.3 is 0 Å². The molecule has 0 atom stereocenters. The van der Waals surface area contributed by atoms with E-state index in [2.05, 4.69) is 15.4 Å². The van der Waals surface area contributed by atoms with Gasteiger partial charge in [-0.15, -0.1) is 5.10 Å². The van der Waals surface area contributed by atoms with Crippen molar-refractivity contribution in [2.45, 2.75) is 13.5 Å². The Morgan fingerprint density at radius 1 is 1.17 bits per heavy atom. The van der Waals surface area contributed by atoms with Gasteiger partial charge in [0.05, 0.1) is 26.1 Å². The smallest absolute Gasteiger partial charge is 0.240 e. The molecule has 0 unspecified atom stereocenters. The molecular weight excluding hydrogens is 294 g/mol. The first-order valence-corrected chi connectivity index (χ1v) is 7.18. The van der Waals surface area contributed by atoms with Gasteiger partial charge in [0.15, 0.2) is 17.1 Å². The van der Waals surface area contributed by atoms with Crippen LogP contribution in [0.2, 0.25) is 0 Å². The van der Waals surface area contributed by atoms with E-state index < -0.39 is 0 Å². The van der Waals surface area contributed by atoms with Crippen LogP contribution in [0.1, 0.15) is 11.1 Å². The lowest BCUT2D eigenvalue weighted by atomic mass is 10.2. The van der Waals surface area contributed by atoms with Crippen LogP contribution in [0.5, 0.6) is 11.5 Å². The molecule has 0 aliphatic carbocycles.